The number of aromatic nitrogens is 5. The number of hydrogen-bond donors (Lipinski definition) is 0. The number of hydrogen-bond acceptors (Lipinski definition) is 5. The SMILES string of the molecule is C1=CCC2(c3nc(-c4ccccc4)c4ccccc4n3)C(=C1)Oc1ccc(-c3ccc4c(c3)c3c5ccccc5ccc3n4-c3nc(-c4ccccc4)c4ccccc4n3)cc12. The lowest BCUT2D eigenvalue weighted by Crippen LogP contribution is -2.31. The molecule has 13 rings (SSSR count). The van der Waals surface area contributed by atoms with Crippen molar-refractivity contribution in [3.8, 4) is 45.3 Å². The molecule has 0 radical (unpaired) electrons. The minimum Gasteiger partial charge on any atom is -0.460 e. The third kappa shape index (κ3) is 5.10. The molecule has 6 nitrogen and oxygen atoms in total. The van der Waals surface area contributed by atoms with Gasteiger partial charge in [0.15, 0.2) is 0 Å². The van der Waals surface area contributed by atoms with Gasteiger partial charge in [-0.15, -0.1) is 0 Å². The molecule has 8 aromatic carbocycles. The molecule has 0 spiro atoms. The summed E-state index contributed by atoms with van der Waals surface area (Å²) in [7, 11) is 0. The van der Waals surface area contributed by atoms with Crippen LogP contribution in [0.4, 0.5) is 0 Å². The zero-order valence-corrected chi connectivity index (χ0v) is 33.4. The predicted molar refractivity (Wildman–Crippen MR) is 250 cm³/mol. The van der Waals surface area contributed by atoms with Crippen LogP contribution in [0.25, 0.3) is 94.0 Å². The van der Waals surface area contributed by atoms with Crippen LogP contribution in [0.15, 0.2) is 206 Å². The summed E-state index contributed by atoms with van der Waals surface area (Å²) in [6, 6.07) is 63.8. The van der Waals surface area contributed by atoms with E-state index in [-0.39, 0.29) is 0 Å². The van der Waals surface area contributed by atoms with E-state index in [1.807, 2.05) is 24.3 Å². The topological polar surface area (TPSA) is 65.7 Å². The first-order valence-electron chi connectivity index (χ1n) is 21.0. The molecule has 290 valence electrons. The highest BCUT2D eigenvalue weighted by atomic mass is 16.5. The highest BCUT2D eigenvalue weighted by Gasteiger charge is 2.50. The van der Waals surface area contributed by atoms with E-state index in [9.17, 15) is 0 Å². The van der Waals surface area contributed by atoms with Gasteiger partial charge >= 0.3 is 0 Å². The standard InChI is InChI=1S/C56H35N5O/c1-3-16-36(17-4-1)52-41-21-9-11-23-45(41)57-54(59-52)56-32-14-13-25-50(56)62-49-31-28-39(34-44(49)56)38-27-29-47-43(33-38)51-40-20-8-7-15-35(40)26-30-48(51)61(47)55-58-46-24-12-10-22-42(46)53(60-55)37-18-5-2-6-19-37/h1-31,33-34H,32H2. The third-order valence-corrected chi connectivity index (χ3v) is 12.7. The molecule has 3 aromatic heterocycles. The van der Waals surface area contributed by atoms with Crippen molar-refractivity contribution in [1.82, 2.24) is 24.5 Å². The van der Waals surface area contributed by atoms with Gasteiger partial charge in [0.05, 0.1) is 33.5 Å². The fraction of sp³-hybridized carbons (Fsp3) is 0.0357. The highest BCUT2D eigenvalue weighted by molar-refractivity contribution is 6.22. The van der Waals surface area contributed by atoms with E-state index < -0.39 is 5.41 Å². The summed E-state index contributed by atoms with van der Waals surface area (Å²) in [5, 5.41) is 6.70. The maximum absolute atomic E-state index is 6.73. The second kappa shape index (κ2) is 13.4. The first-order valence-corrected chi connectivity index (χ1v) is 21.0. The molecule has 0 saturated carbocycles. The van der Waals surface area contributed by atoms with Gasteiger partial charge in [0.2, 0.25) is 5.95 Å². The average Bonchev–Trinajstić information content (AvgIpc) is 3.87. The summed E-state index contributed by atoms with van der Waals surface area (Å²) >= 11 is 0. The van der Waals surface area contributed by atoms with E-state index in [1.165, 1.54) is 16.2 Å². The number of benzene rings is 8. The number of nitrogens with zero attached hydrogens (tertiary/aromatic N) is 5. The van der Waals surface area contributed by atoms with Crippen molar-refractivity contribution >= 4 is 54.4 Å². The molecule has 1 atom stereocenters. The second-order valence-corrected chi connectivity index (χ2v) is 16.2. The lowest BCUT2D eigenvalue weighted by molar-refractivity contribution is 0.382. The van der Waals surface area contributed by atoms with Gasteiger partial charge in [-0.25, -0.2) is 19.9 Å². The number of rotatable bonds is 5. The summed E-state index contributed by atoms with van der Waals surface area (Å²) in [6.07, 6.45) is 7.04. The molecular weight excluding hydrogens is 759 g/mol. The Labute approximate surface area is 356 Å². The lowest BCUT2D eigenvalue weighted by Gasteiger charge is -2.29. The van der Waals surface area contributed by atoms with Crippen LogP contribution in [-0.4, -0.2) is 24.5 Å². The van der Waals surface area contributed by atoms with Gasteiger partial charge in [-0.2, -0.15) is 0 Å². The number of ether oxygens (including phenoxy) is 1. The Morgan fingerprint density at radius 2 is 1.11 bits per heavy atom. The Morgan fingerprint density at radius 3 is 1.89 bits per heavy atom. The van der Waals surface area contributed by atoms with Crippen LogP contribution in [-0.2, 0) is 5.41 Å². The molecule has 4 heterocycles. The van der Waals surface area contributed by atoms with Crippen molar-refractivity contribution in [3.05, 3.63) is 217 Å². The van der Waals surface area contributed by atoms with Crippen molar-refractivity contribution in [1.29, 1.82) is 0 Å². The minimum atomic E-state index is -0.701. The highest BCUT2D eigenvalue weighted by Crippen LogP contribution is 2.54. The van der Waals surface area contributed by atoms with Crippen molar-refractivity contribution in [2.24, 2.45) is 0 Å². The summed E-state index contributed by atoms with van der Waals surface area (Å²) in [6.45, 7) is 0. The zero-order chi connectivity index (χ0) is 40.8. The summed E-state index contributed by atoms with van der Waals surface area (Å²) in [5.74, 6) is 3.04. The van der Waals surface area contributed by atoms with Crippen LogP contribution in [0.2, 0.25) is 0 Å². The second-order valence-electron chi connectivity index (χ2n) is 16.2. The number of fused-ring (bicyclic) bond motifs is 10. The van der Waals surface area contributed by atoms with Gasteiger partial charge in [-0.3, -0.25) is 4.57 Å². The fourth-order valence-corrected chi connectivity index (χ4v) is 9.83. The smallest absolute Gasteiger partial charge is 0.235 e. The number of para-hydroxylation sites is 2. The van der Waals surface area contributed by atoms with Gasteiger partial charge in [-0.1, -0.05) is 152 Å². The molecular formula is C56H35N5O. The normalized spacial score (nSPS) is 15.6. The Kier molecular flexibility index (Phi) is 7.48. The van der Waals surface area contributed by atoms with Crippen LogP contribution in [0, 0.1) is 0 Å². The van der Waals surface area contributed by atoms with E-state index in [2.05, 4.69) is 181 Å². The monoisotopic (exact) mass is 793 g/mol. The van der Waals surface area contributed by atoms with Gasteiger partial charge < -0.3 is 4.74 Å². The lowest BCUT2D eigenvalue weighted by atomic mass is 9.73. The van der Waals surface area contributed by atoms with E-state index in [4.69, 9.17) is 24.7 Å². The van der Waals surface area contributed by atoms with Crippen LogP contribution in [0.1, 0.15) is 17.8 Å². The molecule has 0 amide bonds. The van der Waals surface area contributed by atoms with Crippen LogP contribution < -0.4 is 4.74 Å². The van der Waals surface area contributed by atoms with Crippen molar-refractivity contribution < 1.29 is 4.74 Å². The van der Waals surface area contributed by atoms with Crippen molar-refractivity contribution in [2.45, 2.75) is 11.8 Å². The predicted octanol–water partition coefficient (Wildman–Crippen LogP) is 13.3. The largest absolute Gasteiger partial charge is 0.460 e. The van der Waals surface area contributed by atoms with Gasteiger partial charge in [0.1, 0.15) is 22.7 Å². The molecule has 1 aliphatic carbocycles. The van der Waals surface area contributed by atoms with E-state index >= 15 is 0 Å². The molecule has 0 bridgehead atoms. The summed E-state index contributed by atoms with van der Waals surface area (Å²) in [4.78, 5) is 21.3. The molecule has 6 heteroatoms. The van der Waals surface area contributed by atoms with Gasteiger partial charge in [-0.05, 0) is 76.9 Å². The Balaban J connectivity index is 1.02. The molecule has 1 unspecified atom stereocenters. The van der Waals surface area contributed by atoms with E-state index in [0.717, 1.165) is 94.8 Å². The first-order chi connectivity index (χ1) is 30.7. The van der Waals surface area contributed by atoms with E-state index in [1.54, 1.807) is 0 Å². The Hall–Kier alpha value is -8.22. The fourth-order valence-electron chi connectivity index (χ4n) is 9.83. The quantitative estimate of drug-likeness (QED) is 0.174. The van der Waals surface area contributed by atoms with Gasteiger partial charge in [0.25, 0.3) is 0 Å². The number of allylic oxidation sites excluding steroid dienone is 4. The average molecular weight is 794 g/mol. The molecule has 1 aliphatic heterocycles. The van der Waals surface area contributed by atoms with Crippen LogP contribution >= 0.6 is 0 Å². The van der Waals surface area contributed by atoms with E-state index in [0.29, 0.717) is 12.4 Å². The van der Waals surface area contributed by atoms with Crippen LogP contribution in [0.3, 0.4) is 0 Å². The molecule has 62 heavy (non-hydrogen) atoms. The maximum atomic E-state index is 6.73. The molecule has 0 fully saturated rings. The molecule has 0 N–H and O–H groups in total. The maximum Gasteiger partial charge on any atom is 0.235 e. The Morgan fingerprint density at radius 1 is 0.484 bits per heavy atom. The van der Waals surface area contributed by atoms with Crippen molar-refractivity contribution in [2.75, 3.05) is 0 Å². The summed E-state index contributed by atoms with van der Waals surface area (Å²) < 4.78 is 8.96. The Bertz CT molecular complexity index is 3700. The minimum absolute atomic E-state index is 0.636. The van der Waals surface area contributed by atoms with Gasteiger partial charge in [0, 0.05) is 38.2 Å². The summed E-state index contributed by atoms with van der Waals surface area (Å²) in [5.41, 5.74) is 10.4. The third-order valence-electron chi connectivity index (χ3n) is 12.7. The zero-order valence-electron chi connectivity index (χ0n) is 33.4. The van der Waals surface area contributed by atoms with Crippen LogP contribution in [0.5, 0.6) is 5.75 Å². The molecule has 0 saturated heterocycles. The molecule has 2 aliphatic rings. The molecule has 11 aromatic rings. The van der Waals surface area contributed by atoms with Crippen molar-refractivity contribution in [3.63, 3.8) is 0 Å². The first kappa shape index (κ1) is 34.6.